The molecule has 0 bridgehead atoms. The average molecular weight is 269 g/mol. The van der Waals surface area contributed by atoms with Crippen LogP contribution in [0.15, 0.2) is 11.8 Å². The molecule has 0 atom stereocenters. The highest BCUT2D eigenvalue weighted by Crippen LogP contribution is 2.36. The van der Waals surface area contributed by atoms with E-state index in [0.717, 1.165) is 0 Å². The SMILES string of the molecule is CN/C(=C\C(=[NH2+])B1OC(C)(C)C(C)(C)O1)C(=O)OC. The van der Waals surface area contributed by atoms with E-state index in [2.05, 4.69) is 10.1 Å². The molecule has 1 aliphatic rings. The molecule has 0 spiro atoms. The van der Waals surface area contributed by atoms with E-state index in [0.29, 0.717) is 5.61 Å². The number of hydrogen-bond acceptors (Lipinski definition) is 5. The van der Waals surface area contributed by atoms with Crippen molar-refractivity contribution in [3.8, 4) is 0 Å². The zero-order chi connectivity index (χ0) is 14.8. The number of allylic oxidation sites excluding steroid dienone is 1. The fourth-order valence-electron chi connectivity index (χ4n) is 1.56. The van der Waals surface area contributed by atoms with E-state index in [9.17, 15) is 4.79 Å². The number of nitrogens with two attached hydrogens (primary N) is 1. The normalized spacial score (nSPS) is 21.2. The first-order valence-corrected chi connectivity index (χ1v) is 6.10. The van der Waals surface area contributed by atoms with E-state index in [1.165, 1.54) is 13.2 Å². The molecule has 0 radical (unpaired) electrons. The van der Waals surface area contributed by atoms with Crippen molar-refractivity contribution >= 4 is 18.7 Å². The Labute approximate surface area is 114 Å². The van der Waals surface area contributed by atoms with Crippen LogP contribution in [0.5, 0.6) is 0 Å². The van der Waals surface area contributed by atoms with Crippen LogP contribution in [0.1, 0.15) is 27.7 Å². The Morgan fingerprint density at radius 2 is 1.74 bits per heavy atom. The van der Waals surface area contributed by atoms with Gasteiger partial charge in [0.25, 0.3) is 0 Å². The Kier molecular flexibility index (Phi) is 4.42. The van der Waals surface area contributed by atoms with Crippen LogP contribution in [-0.2, 0) is 18.8 Å². The van der Waals surface area contributed by atoms with Gasteiger partial charge in [0.15, 0.2) is 0 Å². The van der Waals surface area contributed by atoms with E-state index < -0.39 is 24.3 Å². The molecule has 0 aliphatic carbocycles. The topological polar surface area (TPSA) is 82.4 Å². The Morgan fingerprint density at radius 1 is 1.26 bits per heavy atom. The van der Waals surface area contributed by atoms with Gasteiger partial charge in [-0.1, -0.05) is 0 Å². The van der Waals surface area contributed by atoms with Gasteiger partial charge < -0.3 is 19.4 Å². The van der Waals surface area contributed by atoms with Gasteiger partial charge in [0.1, 0.15) is 5.70 Å². The molecule has 0 aromatic carbocycles. The molecule has 106 valence electrons. The summed E-state index contributed by atoms with van der Waals surface area (Å²) in [5, 5.41) is 8.66. The van der Waals surface area contributed by atoms with Crippen LogP contribution >= 0.6 is 0 Å². The van der Waals surface area contributed by atoms with Crippen LogP contribution in [0, 0.1) is 0 Å². The third-order valence-corrected chi connectivity index (χ3v) is 3.51. The second-order valence-corrected chi connectivity index (χ2v) is 5.39. The van der Waals surface area contributed by atoms with Gasteiger partial charge in [0.2, 0.25) is 5.61 Å². The van der Waals surface area contributed by atoms with E-state index in [4.69, 9.17) is 14.7 Å². The maximum atomic E-state index is 11.4. The number of hydrogen-bond donors (Lipinski definition) is 2. The number of carbonyl (C=O) groups excluding carboxylic acids is 1. The Balaban J connectivity index is 2.87. The van der Waals surface area contributed by atoms with Crippen LogP contribution in [0.4, 0.5) is 0 Å². The van der Waals surface area contributed by atoms with Crippen LogP contribution in [0.25, 0.3) is 0 Å². The molecular weight excluding hydrogens is 247 g/mol. The van der Waals surface area contributed by atoms with Crippen molar-refractivity contribution in [2.75, 3.05) is 14.2 Å². The zero-order valence-corrected chi connectivity index (χ0v) is 12.4. The van der Waals surface area contributed by atoms with E-state index >= 15 is 0 Å². The molecule has 0 unspecified atom stereocenters. The summed E-state index contributed by atoms with van der Waals surface area (Å²) >= 11 is 0. The number of rotatable bonds is 4. The minimum absolute atomic E-state index is 0.245. The van der Waals surface area contributed by atoms with Gasteiger partial charge in [-0.25, -0.2) is 4.79 Å². The fraction of sp³-hybridized carbons (Fsp3) is 0.667. The molecule has 0 aromatic heterocycles. The first-order chi connectivity index (χ1) is 8.64. The van der Waals surface area contributed by atoms with Crippen molar-refractivity contribution in [3.05, 3.63) is 11.8 Å². The summed E-state index contributed by atoms with van der Waals surface area (Å²) in [7, 11) is 2.23. The summed E-state index contributed by atoms with van der Waals surface area (Å²) < 4.78 is 16.2. The minimum atomic E-state index is -0.682. The molecule has 6 nitrogen and oxygen atoms in total. The lowest BCUT2D eigenvalue weighted by atomic mass is 9.81. The smallest absolute Gasteiger partial charge is 0.464 e. The predicted octanol–water partition coefficient (Wildman–Crippen LogP) is -0.906. The van der Waals surface area contributed by atoms with Gasteiger partial charge in [0.05, 0.1) is 18.3 Å². The molecular formula is C12H22BN2O4+. The molecule has 7 heteroatoms. The van der Waals surface area contributed by atoms with Crippen molar-refractivity contribution in [2.24, 2.45) is 0 Å². The monoisotopic (exact) mass is 269 g/mol. The number of likely N-dealkylation sites (N-methyl/N-ethyl adjacent to an activating group) is 1. The molecule has 0 amide bonds. The maximum Gasteiger partial charge on any atom is 0.566 e. The highest BCUT2D eigenvalue weighted by molar-refractivity contribution is 6.83. The molecule has 1 fully saturated rings. The molecule has 19 heavy (non-hydrogen) atoms. The van der Waals surface area contributed by atoms with Crippen molar-refractivity contribution < 1.29 is 24.2 Å². The molecule has 0 aromatic rings. The lowest BCUT2D eigenvalue weighted by Gasteiger charge is -2.32. The Bertz CT molecular complexity index is 402. The number of carbonyl (C=O) groups is 1. The number of nitrogens with one attached hydrogen (secondary N) is 1. The highest BCUT2D eigenvalue weighted by Gasteiger charge is 2.54. The van der Waals surface area contributed by atoms with Crippen molar-refractivity contribution in [1.29, 1.82) is 0 Å². The standard InChI is InChI=1S/C12H21BN2O4/c1-11(2)12(3,4)19-13(18-11)9(14)7-8(15-5)10(16)17-6/h7,14-15H,1-6H3/p+1/b8-7-,14-9?. The number of esters is 1. The second-order valence-electron chi connectivity index (χ2n) is 5.39. The van der Waals surface area contributed by atoms with Gasteiger partial charge in [0, 0.05) is 13.1 Å². The average Bonchev–Trinajstić information content (AvgIpc) is 2.54. The van der Waals surface area contributed by atoms with Crippen LogP contribution in [0.3, 0.4) is 0 Å². The largest absolute Gasteiger partial charge is 0.566 e. The fourth-order valence-corrected chi connectivity index (χ4v) is 1.56. The summed E-state index contributed by atoms with van der Waals surface area (Å²) in [4.78, 5) is 11.4. The minimum Gasteiger partial charge on any atom is -0.464 e. The van der Waals surface area contributed by atoms with Gasteiger partial charge >= 0.3 is 13.1 Å². The summed E-state index contributed by atoms with van der Waals surface area (Å²) in [6, 6.07) is 0. The molecule has 3 N–H and O–H groups in total. The van der Waals surface area contributed by atoms with Crippen molar-refractivity contribution in [1.82, 2.24) is 5.32 Å². The maximum absolute atomic E-state index is 11.4. The summed E-state index contributed by atoms with van der Waals surface area (Å²) in [6.07, 6.45) is 1.47. The number of ether oxygens (including phenoxy) is 1. The van der Waals surface area contributed by atoms with E-state index in [1.54, 1.807) is 7.05 Å². The molecule has 1 rings (SSSR count). The quantitative estimate of drug-likeness (QED) is 0.299. The highest BCUT2D eigenvalue weighted by atomic mass is 16.7. The molecule has 1 saturated heterocycles. The third kappa shape index (κ3) is 3.16. The predicted molar refractivity (Wildman–Crippen MR) is 72.2 cm³/mol. The summed E-state index contributed by atoms with van der Waals surface area (Å²) in [6.45, 7) is 7.74. The Hall–Kier alpha value is -1.34. The van der Waals surface area contributed by atoms with E-state index in [1.807, 2.05) is 27.7 Å². The lowest BCUT2D eigenvalue weighted by molar-refractivity contribution is -0.136. The van der Waals surface area contributed by atoms with Gasteiger partial charge in [-0.15, -0.1) is 0 Å². The van der Waals surface area contributed by atoms with Crippen LogP contribution < -0.4 is 10.7 Å². The first kappa shape index (κ1) is 15.7. The first-order valence-electron chi connectivity index (χ1n) is 6.10. The van der Waals surface area contributed by atoms with Crippen molar-refractivity contribution in [2.45, 2.75) is 38.9 Å². The zero-order valence-electron chi connectivity index (χ0n) is 12.4. The number of methoxy groups -OCH3 is 1. The summed E-state index contributed by atoms with van der Waals surface area (Å²) in [5.41, 5.74) is -0.384. The van der Waals surface area contributed by atoms with Crippen molar-refractivity contribution in [3.63, 3.8) is 0 Å². The lowest BCUT2D eigenvalue weighted by Crippen LogP contribution is -2.50. The molecule has 1 aliphatic heterocycles. The van der Waals surface area contributed by atoms with E-state index in [-0.39, 0.29) is 5.70 Å². The van der Waals surface area contributed by atoms with Gasteiger partial charge in [-0.3, -0.25) is 5.41 Å². The van der Waals surface area contributed by atoms with Crippen LogP contribution in [-0.4, -0.2) is 44.1 Å². The molecule has 0 saturated carbocycles. The van der Waals surface area contributed by atoms with Gasteiger partial charge in [-0.05, 0) is 27.7 Å². The second kappa shape index (κ2) is 5.34. The molecule has 1 heterocycles. The van der Waals surface area contributed by atoms with Gasteiger partial charge in [-0.2, -0.15) is 0 Å². The Morgan fingerprint density at radius 3 is 2.11 bits per heavy atom. The third-order valence-electron chi connectivity index (χ3n) is 3.51. The van der Waals surface area contributed by atoms with Crippen LogP contribution in [0.2, 0.25) is 0 Å². The summed E-state index contributed by atoms with van der Waals surface area (Å²) in [5.74, 6) is -0.498.